The van der Waals surface area contributed by atoms with Gasteiger partial charge < -0.3 is 9.73 Å². The van der Waals surface area contributed by atoms with Crippen molar-refractivity contribution in [1.82, 2.24) is 15.5 Å². The highest BCUT2D eigenvalue weighted by molar-refractivity contribution is 7.09. The minimum absolute atomic E-state index is 0.127. The standard InChI is InChI=1S/C18H23N3O3S/c1-12-8-15(12)16-6-5-13(24-16)10-21(2)11-17(22)20-18(23)19-9-14-4-3-7-25-14/h3-7,12,15H,8-11H2,1-2H3,(H2,19,20,22,23)/t12-,15-/m1/s1. The third-order valence-corrected chi connectivity index (χ3v) is 5.13. The lowest BCUT2D eigenvalue weighted by Crippen LogP contribution is -2.43. The zero-order valence-electron chi connectivity index (χ0n) is 14.5. The van der Waals surface area contributed by atoms with Crippen molar-refractivity contribution >= 4 is 23.3 Å². The quantitative estimate of drug-likeness (QED) is 0.795. The van der Waals surface area contributed by atoms with Crippen LogP contribution in [0.2, 0.25) is 0 Å². The van der Waals surface area contributed by atoms with Crippen molar-refractivity contribution in [3.63, 3.8) is 0 Å². The number of carbonyl (C=O) groups excluding carboxylic acids is 2. The Hall–Kier alpha value is -2.12. The molecule has 6 nitrogen and oxygen atoms in total. The summed E-state index contributed by atoms with van der Waals surface area (Å²) in [6.07, 6.45) is 1.19. The highest BCUT2D eigenvalue weighted by atomic mass is 32.1. The van der Waals surface area contributed by atoms with E-state index in [0.717, 1.165) is 16.4 Å². The molecule has 0 aliphatic heterocycles. The van der Waals surface area contributed by atoms with E-state index in [4.69, 9.17) is 4.42 Å². The van der Waals surface area contributed by atoms with Crippen LogP contribution in [0, 0.1) is 5.92 Å². The van der Waals surface area contributed by atoms with Crippen molar-refractivity contribution in [2.45, 2.75) is 32.4 Å². The zero-order valence-corrected chi connectivity index (χ0v) is 15.3. The molecule has 3 amide bonds. The molecule has 2 N–H and O–H groups in total. The van der Waals surface area contributed by atoms with E-state index in [0.29, 0.717) is 24.9 Å². The number of rotatable bonds is 7. The van der Waals surface area contributed by atoms with E-state index in [9.17, 15) is 9.59 Å². The minimum Gasteiger partial charge on any atom is -0.464 e. The lowest BCUT2D eigenvalue weighted by molar-refractivity contribution is -0.121. The lowest BCUT2D eigenvalue weighted by atomic mass is 10.3. The molecular formula is C18H23N3O3S. The van der Waals surface area contributed by atoms with Gasteiger partial charge in [-0.3, -0.25) is 15.0 Å². The summed E-state index contributed by atoms with van der Waals surface area (Å²) < 4.78 is 5.84. The van der Waals surface area contributed by atoms with Crippen LogP contribution in [-0.2, 0) is 17.9 Å². The smallest absolute Gasteiger partial charge is 0.321 e. The first-order valence-corrected chi connectivity index (χ1v) is 9.26. The average Bonchev–Trinajstić information content (AvgIpc) is 2.96. The van der Waals surface area contributed by atoms with Gasteiger partial charge in [0.2, 0.25) is 5.91 Å². The van der Waals surface area contributed by atoms with Crippen molar-refractivity contribution in [2.24, 2.45) is 5.92 Å². The van der Waals surface area contributed by atoms with Gasteiger partial charge in [-0.05, 0) is 43.0 Å². The Bertz CT molecular complexity index is 726. The molecule has 3 rings (SSSR count). The van der Waals surface area contributed by atoms with E-state index in [1.54, 1.807) is 11.3 Å². The molecule has 0 saturated heterocycles. The van der Waals surface area contributed by atoms with Crippen LogP contribution < -0.4 is 10.6 Å². The van der Waals surface area contributed by atoms with Crippen molar-refractivity contribution in [1.29, 1.82) is 0 Å². The fourth-order valence-corrected chi connectivity index (χ4v) is 3.40. The van der Waals surface area contributed by atoms with Crippen molar-refractivity contribution in [2.75, 3.05) is 13.6 Å². The molecule has 0 radical (unpaired) electrons. The summed E-state index contributed by atoms with van der Waals surface area (Å²) in [7, 11) is 1.82. The highest BCUT2D eigenvalue weighted by Crippen LogP contribution is 2.47. The van der Waals surface area contributed by atoms with E-state index in [-0.39, 0.29) is 12.5 Å². The second kappa shape index (κ2) is 7.84. The fourth-order valence-electron chi connectivity index (χ4n) is 2.76. The summed E-state index contributed by atoms with van der Waals surface area (Å²) in [5, 5.41) is 6.95. The van der Waals surface area contributed by atoms with Crippen LogP contribution in [0.5, 0.6) is 0 Å². The molecule has 1 aliphatic rings. The average molecular weight is 361 g/mol. The summed E-state index contributed by atoms with van der Waals surface area (Å²) in [6.45, 7) is 3.29. The molecule has 1 saturated carbocycles. The van der Waals surface area contributed by atoms with Gasteiger partial charge in [0.25, 0.3) is 0 Å². The topological polar surface area (TPSA) is 74.6 Å². The minimum atomic E-state index is -0.477. The van der Waals surface area contributed by atoms with E-state index in [1.165, 1.54) is 6.42 Å². The summed E-state index contributed by atoms with van der Waals surface area (Å²) in [4.78, 5) is 26.5. The largest absolute Gasteiger partial charge is 0.464 e. The summed E-state index contributed by atoms with van der Waals surface area (Å²) in [6, 6.07) is 7.36. The molecule has 134 valence electrons. The Labute approximate surface area is 151 Å². The summed E-state index contributed by atoms with van der Waals surface area (Å²) in [5.41, 5.74) is 0. The third kappa shape index (κ3) is 5.17. The number of likely N-dealkylation sites (N-methyl/N-ethyl adjacent to an activating group) is 1. The predicted molar refractivity (Wildman–Crippen MR) is 96.3 cm³/mol. The Morgan fingerprint density at radius 1 is 1.36 bits per heavy atom. The van der Waals surface area contributed by atoms with Crippen LogP contribution in [0.3, 0.4) is 0 Å². The maximum Gasteiger partial charge on any atom is 0.321 e. The molecule has 1 aliphatic carbocycles. The number of amides is 3. The Morgan fingerprint density at radius 3 is 2.84 bits per heavy atom. The molecule has 0 unspecified atom stereocenters. The number of nitrogens with one attached hydrogen (secondary N) is 2. The number of nitrogens with zero attached hydrogens (tertiary/aromatic N) is 1. The van der Waals surface area contributed by atoms with Crippen LogP contribution in [0.25, 0.3) is 0 Å². The maximum atomic E-state index is 11.9. The number of urea groups is 1. The van der Waals surface area contributed by atoms with Crippen LogP contribution in [0.4, 0.5) is 4.79 Å². The molecular weight excluding hydrogens is 338 g/mol. The van der Waals surface area contributed by atoms with Crippen LogP contribution in [0.1, 0.15) is 35.7 Å². The normalized spacial score (nSPS) is 19.0. The molecule has 7 heteroatoms. The van der Waals surface area contributed by atoms with Crippen LogP contribution in [-0.4, -0.2) is 30.4 Å². The Balaban J connectivity index is 1.38. The first-order chi connectivity index (χ1) is 12.0. The first kappa shape index (κ1) is 17.7. The molecule has 0 aromatic carbocycles. The second-order valence-corrected chi connectivity index (χ2v) is 7.64. The summed E-state index contributed by atoms with van der Waals surface area (Å²) >= 11 is 1.56. The zero-order chi connectivity index (χ0) is 17.8. The first-order valence-electron chi connectivity index (χ1n) is 8.38. The van der Waals surface area contributed by atoms with E-state index < -0.39 is 6.03 Å². The SMILES string of the molecule is C[C@@H]1C[C@H]1c1ccc(CN(C)CC(=O)NC(=O)NCc2cccs2)o1. The molecule has 2 atom stereocenters. The van der Waals surface area contributed by atoms with Crippen LogP contribution in [0.15, 0.2) is 34.1 Å². The van der Waals surface area contributed by atoms with E-state index >= 15 is 0 Å². The van der Waals surface area contributed by atoms with Gasteiger partial charge in [0.15, 0.2) is 0 Å². The van der Waals surface area contributed by atoms with E-state index in [1.807, 2.05) is 41.6 Å². The van der Waals surface area contributed by atoms with Gasteiger partial charge in [0.05, 0.1) is 19.6 Å². The molecule has 2 aromatic rings. The molecule has 2 heterocycles. The van der Waals surface area contributed by atoms with Crippen molar-refractivity contribution < 1.29 is 14.0 Å². The molecule has 25 heavy (non-hydrogen) atoms. The number of thiophene rings is 1. The van der Waals surface area contributed by atoms with Crippen LogP contribution >= 0.6 is 11.3 Å². The Morgan fingerprint density at radius 2 is 2.16 bits per heavy atom. The number of furan rings is 1. The van der Waals surface area contributed by atoms with E-state index in [2.05, 4.69) is 17.6 Å². The monoisotopic (exact) mass is 361 g/mol. The number of imide groups is 1. The lowest BCUT2D eigenvalue weighted by Gasteiger charge is -2.14. The van der Waals surface area contributed by atoms with Gasteiger partial charge in [-0.25, -0.2) is 4.79 Å². The van der Waals surface area contributed by atoms with Gasteiger partial charge in [-0.1, -0.05) is 13.0 Å². The molecule has 2 aromatic heterocycles. The van der Waals surface area contributed by atoms with Gasteiger partial charge in [-0.15, -0.1) is 11.3 Å². The molecule has 0 bridgehead atoms. The van der Waals surface area contributed by atoms with Gasteiger partial charge in [0.1, 0.15) is 11.5 Å². The van der Waals surface area contributed by atoms with Crippen molar-refractivity contribution in [3.05, 3.63) is 46.0 Å². The number of carbonyl (C=O) groups is 2. The molecule has 0 spiro atoms. The second-order valence-electron chi connectivity index (χ2n) is 6.61. The summed E-state index contributed by atoms with van der Waals surface area (Å²) in [5.74, 6) is 2.79. The van der Waals surface area contributed by atoms with Crippen molar-refractivity contribution in [3.8, 4) is 0 Å². The highest BCUT2D eigenvalue weighted by Gasteiger charge is 2.36. The third-order valence-electron chi connectivity index (χ3n) is 4.25. The van der Waals surface area contributed by atoms with Gasteiger partial charge in [-0.2, -0.15) is 0 Å². The Kier molecular flexibility index (Phi) is 5.55. The van der Waals surface area contributed by atoms with Gasteiger partial charge in [0, 0.05) is 10.8 Å². The number of hydrogen-bond donors (Lipinski definition) is 2. The predicted octanol–water partition coefficient (Wildman–Crippen LogP) is 2.92. The van der Waals surface area contributed by atoms with Gasteiger partial charge >= 0.3 is 6.03 Å². The maximum absolute atomic E-state index is 11.9. The molecule has 1 fully saturated rings. The number of hydrogen-bond acceptors (Lipinski definition) is 5. The fraction of sp³-hybridized carbons (Fsp3) is 0.444.